The third kappa shape index (κ3) is 2.75. The molecule has 0 aromatic carbocycles. The van der Waals surface area contributed by atoms with Crippen molar-refractivity contribution in [2.45, 2.75) is 20.1 Å². The fraction of sp³-hybridized carbons (Fsp3) is 0.400. The van der Waals surface area contributed by atoms with E-state index in [1.54, 1.807) is 15.6 Å². The number of rotatable bonds is 5. The number of nitrogens with zero attached hydrogens (tertiary/aromatic N) is 4. The van der Waals surface area contributed by atoms with Crippen molar-refractivity contribution in [3.63, 3.8) is 0 Å². The Labute approximate surface area is 137 Å². The van der Waals surface area contributed by atoms with Crippen LogP contribution in [0, 0.1) is 0 Å². The summed E-state index contributed by atoms with van der Waals surface area (Å²) in [6.45, 7) is 4.45. The van der Waals surface area contributed by atoms with Gasteiger partial charge in [-0.3, -0.25) is 4.68 Å². The van der Waals surface area contributed by atoms with E-state index in [2.05, 4.69) is 10.2 Å². The van der Waals surface area contributed by atoms with Gasteiger partial charge in [0, 0.05) is 30.8 Å². The van der Waals surface area contributed by atoms with Crippen LogP contribution >= 0.6 is 11.3 Å². The molecule has 0 radical (unpaired) electrons. The lowest BCUT2D eigenvalue weighted by atomic mass is 10.2. The SMILES string of the molecule is CCOC(C)n1nc(-c2cnn(C)c2)c2cc(C(=O)OC)sc21. The minimum absolute atomic E-state index is 0.225. The predicted molar refractivity (Wildman–Crippen MR) is 87.5 cm³/mol. The molecule has 3 aromatic rings. The Balaban J connectivity index is 2.19. The van der Waals surface area contributed by atoms with E-state index in [9.17, 15) is 4.79 Å². The number of fused-ring (bicyclic) bond motifs is 1. The van der Waals surface area contributed by atoms with Crippen molar-refractivity contribution < 1.29 is 14.3 Å². The molecule has 0 amide bonds. The van der Waals surface area contributed by atoms with Crippen LogP contribution in [0.5, 0.6) is 0 Å². The average Bonchev–Trinajstić information content (AvgIpc) is 3.20. The summed E-state index contributed by atoms with van der Waals surface area (Å²) in [5, 5.41) is 9.77. The number of carbonyl (C=O) groups excluding carboxylic acids is 1. The number of aromatic nitrogens is 4. The highest BCUT2D eigenvalue weighted by Gasteiger charge is 2.22. The second-order valence-corrected chi connectivity index (χ2v) is 6.10. The third-order valence-corrected chi connectivity index (χ3v) is 4.61. The number of aryl methyl sites for hydroxylation is 1. The van der Waals surface area contributed by atoms with Gasteiger partial charge < -0.3 is 9.47 Å². The van der Waals surface area contributed by atoms with Crippen molar-refractivity contribution in [1.82, 2.24) is 19.6 Å². The minimum atomic E-state index is -0.348. The smallest absolute Gasteiger partial charge is 0.348 e. The normalized spacial score (nSPS) is 12.7. The van der Waals surface area contributed by atoms with Crippen LogP contribution in [0.25, 0.3) is 21.5 Å². The van der Waals surface area contributed by atoms with E-state index in [4.69, 9.17) is 9.47 Å². The van der Waals surface area contributed by atoms with Gasteiger partial charge in [-0.15, -0.1) is 11.3 Å². The second kappa shape index (κ2) is 6.13. The average molecular weight is 334 g/mol. The number of hydrogen-bond acceptors (Lipinski definition) is 6. The predicted octanol–water partition coefficient (Wildman–Crippen LogP) is 2.84. The van der Waals surface area contributed by atoms with E-state index in [1.165, 1.54) is 18.4 Å². The molecule has 0 aliphatic carbocycles. The molecular weight excluding hydrogens is 316 g/mol. The molecule has 8 heteroatoms. The highest BCUT2D eigenvalue weighted by atomic mass is 32.1. The van der Waals surface area contributed by atoms with Crippen molar-refractivity contribution >= 4 is 27.5 Å². The molecule has 3 aromatic heterocycles. The van der Waals surface area contributed by atoms with Crippen LogP contribution in [-0.2, 0) is 16.5 Å². The van der Waals surface area contributed by atoms with Gasteiger partial charge in [0.25, 0.3) is 0 Å². The summed E-state index contributed by atoms with van der Waals surface area (Å²) in [7, 11) is 3.23. The Hall–Kier alpha value is -2.19. The number of esters is 1. The van der Waals surface area contributed by atoms with Gasteiger partial charge in [0.2, 0.25) is 0 Å². The minimum Gasteiger partial charge on any atom is -0.465 e. The van der Waals surface area contributed by atoms with E-state index in [0.29, 0.717) is 11.5 Å². The Kier molecular flexibility index (Phi) is 4.18. The quantitative estimate of drug-likeness (QED) is 0.671. The zero-order valence-corrected chi connectivity index (χ0v) is 14.3. The molecule has 0 bridgehead atoms. The molecule has 1 atom stereocenters. The maximum atomic E-state index is 11.9. The summed E-state index contributed by atoms with van der Waals surface area (Å²) in [5.41, 5.74) is 1.68. The lowest BCUT2D eigenvalue weighted by Gasteiger charge is -2.12. The first kappa shape index (κ1) is 15.7. The van der Waals surface area contributed by atoms with Gasteiger partial charge in [-0.1, -0.05) is 0 Å². The molecule has 7 nitrogen and oxygen atoms in total. The van der Waals surface area contributed by atoms with Crippen LogP contribution in [0.15, 0.2) is 18.5 Å². The maximum Gasteiger partial charge on any atom is 0.348 e. The van der Waals surface area contributed by atoms with Gasteiger partial charge in [-0.25, -0.2) is 9.48 Å². The third-order valence-electron chi connectivity index (χ3n) is 3.50. The summed E-state index contributed by atoms with van der Waals surface area (Å²) >= 11 is 1.35. The highest BCUT2D eigenvalue weighted by molar-refractivity contribution is 7.20. The first-order valence-electron chi connectivity index (χ1n) is 7.26. The molecular formula is C15H18N4O3S. The van der Waals surface area contributed by atoms with Crippen LogP contribution in [0.2, 0.25) is 0 Å². The van der Waals surface area contributed by atoms with Crippen molar-refractivity contribution in [1.29, 1.82) is 0 Å². The van der Waals surface area contributed by atoms with E-state index >= 15 is 0 Å². The monoisotopic (exact) mass is 334 g/mol. The first-order valence-corrected chi connectivity index (χ1v) is 8.07. The summed E-state index contributed by atoms with van der Waals surface area (Å²) in [5.74, 6) is -0.348. The molecule has 1 unspecified atom stereocenters. The van der Waals surface area contributed by atoms with Crippen molar-refractivity contribution in [3.05, 3.63) is 23.3 Å². The van der Waals surface area contributed by atoms with Gasteiger partial charge in [-0.2, -0.15) is 10.2 Å². The van der Waals surface area contributed by atoms with Crippen LogP contribution in [-0.4, -0.2) is 39.2 Å². The molecule has 0 aliphatic heterocycles. The van der Waals surface area contributed by atoms with Crippen molar-refractivity contribution in [3.8, 4) is 11.3 Å². The Morgan fingerprint density at radius 3 is 2.87 bits per heavy atom. The molecule has 0 N–H and O–H groups in total. The summed E-state index contributed by atoms with van der Waals surface area (Å²) in [6, 6.07) is 1.82. The van der Waals surface area contributed by atoms with Crippen LogP contribution in [0.4, 0.5) is 0 Å². The van der Waals surface area contributed by atoms with E-state index < -0.39 is 0 Å². The van der Waals surface area contributed by atoms with Crippen molar-refractivity contribution in [2.75, 3.05) is 13.7 Å². The topological polar surface area (TPSA) is 71.2 Å². The number of thiophene rings is 1. The van der Waals surface area contributed by atoms with Crippen molar-refractivity contribution in [2.24, 2.45) is 7.05 Å². The standard InChI is InChI=1S/C15H18N4O3S/c1-5-22-9(2)19-14-11(6-12(23-14)15(20)21-4)13(17-19)10-7-16-18(3)8-10/h6-9H,5H2,1-4H3. The lowest BCUT2D eigenvalue weighted by Crippen LogP contribution is -2.10. The Bertz CT molecular complexity index is 848. The Morgan fingerprint density at radius 2 is 2.26 bits per heavy atom. The van der Waals surface area contributed by atoms with Crippen LogP contribution in [0.3, 0.4) is 0 Å². The highest BCUT2D eigenvalue weighted by Crippen LogP contribution is 2.35. The molecule has 0 aliphatic rings. The number of hydrogen-bond donors (Lipinski definition) is 0. The Morgan fingerprint density at radius 1 is 1.48 bits per heavy atom. The zero-order chi connectivity index (χ0) is 16.6. The second-order valence-electron chi connectivity index (χ2n) is 5.07. The molecule has 23 heavy (non-hydrogen) atoms. The summed E-state index contributed by atoms with van der Waals surface area (Å²) in [4.78, 5) is 13.3. The fourth-order valence-electron chi connectivity index (χ4n) is 2.44. The van der Waals surface area contributed by atoms with Gasteiger partial charge in [0.1, 0.15) is 21.6 Å². The molecule has 0 saturated heterocycles. The molecule has 0 fully saturated rings. The van der Waals surface area contributed by atoms with Gasteiger partial charge in [0.05, 0.1) is 13.3 Å². The van der Waals surface area contributed by atoms with Gasteiger partial charge >= 0.3 is 5.97 Å². The number of carbonyl (C=O) groups is 1. The number of ether oxygens (including phenoxy) is 2. The molecule has 0 saturated carbocycles. The van der Waals surface area contributed by atoms with Crippen LogP contribution < -0.4 is 0 Å². The number of methoxy groups -OCH3 is 1. The van der Waals surface area contributed by atoms with Gasteiger partial charge in [0.15, 0.2) is 0 Å². The fourth-order valence-corrected chi connectivity index (χ4v) is 3.54. The van der Waals surface area contributed by atoms with E-state index in [-0.39, 0.29) is 12.2 Å². The van der Waals surface area contributed by atoms with Gasteiger partial charge in [-0.05, 0) is 19.9 Å². The lowest BCUT2D eigenvalue weighted by molar-refractivity contribution is 0.0197. The van der Waals surface area contributed by atoms with Crippen LogP contribution in [0.1, 0.15) is 29.7 Å². The maximum absolute atomic E-state index is 11.9. The summed E-state index contributed by atoms with van der Waals surface area (Å²) in [6.07, 6.45) is 3.43. The summed E-state index contributed by atoms with van der Waals surface area (Å²) < 4.78 is 14.0. The van der Waals surface area contributed by atoms with E-state index in [1.807, 2.05) is 33.2 Å². The van der Waals surface area contributed by atoms with E-state index in [0.717, 1.165) is 21.5 Å². The largest absolute Gasteiger partial charge is 0.465 e. The first-order chi connectivity index (χ1) is 11.0. The molecule has 0 spiro atoms. The molecule has 3 rings (SSSR count). The zero-order valence-electron chi connectivity index (χ0n) is 13.4. The molecule has 3 heterocycles. The molecule has 122 valence electrons.